The summed E-state index contributed by atoms with van der Waals surface area (Å²) in [6.07, 6.45) is 0.265. The quantitative estimate of drug-likeness (QED) is 0.503. The molecular formula is C13H12ClN3O5. The molecule has 9 heteroatoms. The van der Waals surface area contributed by atoms with Gasteiger partial charge in [0.1, 0.15) is 5.02 Å². The van der Waals surface area contributed by atoms with E-state index in [-0.39, 0.29) is 54.0 Å². The Bertz CT molecular complexity index is 645. The predicted octanol–water partition coefficient (Wildman–Crippen LogP) is 1.73. The largest absolute Gasteiger partial charge is 0.326 e. The summed E-state index contributed by atoms with van der Waals surface area (Å²) in [5.41, 5.74) is -0.0930. The molecule has 1 saturated heterocycles. The highest BCUT2D eigenvalue weighted by molar-refractivity contribution is 6.32. The van der Waals surface area contributed by atoms with E-state index in [2.05, 4.69) is 5.32 Å². The van der Waals surface area contributed by atoms with Gasteiger partial charge < -0.3 is 5.32 Å². The van der Waals surface area contributed by atoms with E-state index in [1.807, 2.05) is 0 Å². The van der Waals surface area contributed by atoms with E-state index in [0.29, 0.717) is 0 Å². The van der Waals surface area contributed by atoms with Crippen molar-refractivity contribution in [2.75, 3.05) is 11.9 Å². The van der Waals surface area contributed by atoms with Crippen molar-refractivity contribution >= 4 is 40.7 Å². The third-order valence-corrected chi connectivity index (χ3v) is 3.46. The predicted molar refractivity (Wildman–Crippen MR) is 77.3 cm³/mol. The van der Waals surface area contributed by atoms with Gasteiger partial charge in [0.25, 0.3) is 5.69 Å². The van der Waals surface area contributed by atoms with Crippen molar-refractivity contribution in [3.05, 3.63) is 33.3 Å². The molecule has 1 N–H and O–H groups in total. The Balaban J connectivity index is 1.95. The number of amides is 3. The lowest BCUT2D eigenvalue weighted by atomic mass is 10.2. The smallest absolute Gasteiger partial charge is 0.289 e. The molecular weight excluding hydrogens is 314 g/mol. The summed E-state index contributed by atoms with van der Waals surface area (Å²) in [6.45, 7) is -0.000811. The van der Waals surface area contributed by atoms with Gasteiger partial charge in [0.15, 0.2) is 0 Å². The maximum Gasteiger partial charge on any atom is 0.289 e. The number of carbonyl (C=O) groups is 3. The highest BCUT2D eigenvalue weighted by atomic mass is 35.5. The molecule has 0 aliphatic carbocycles. The zero-order valence-corrected chi connectivity index (χ0v) is 12.1. The molecule has 0 bridgehead atoms. The van der Waals surface area contributed by atoms with E-state index in [0.717, 1.165) is 11.0 Å². The molecule has 1 aromatic carbocycles. The van der Waals surface area contributed by atoms with E-state index in [1.54, 1.807) is 0 Å². The minimum atomic E-state index is -0.653. The second-order valence-corrected chi connectivity index (χ2v) is 5.07. The number of nitro groups is 1. The minimum absolute atomic E-state index is 0.000811. The van der Waals surface area contributed by atoms with Gasteiger partial charge in [-0.2, -0.15) is 0 Å². The Kier molecular flexibility index (Phi) is 4.71. The average Bonchev–Trinajstić information content (AvgIpc) is 2.77. The fourth-order valence-electron chi connectivity index (χ4n) is 2.04. The number of hydrogen-bond donors (Lipinski definition) is 1. The topological polar surface area (TPSA) is 110 Å². The number of likely N-dealkylation sites (tertiary alicyclic amines) is 1. The number of halogens is 1. The summed E-state index contributed by atoms with van der Waals surface area (Å²) in [5, 5.41) is 13.2. The third-order valence-electron chi connectivity index (χ3n) is 3.14. The van der Waals surface area contributed by atoms with E-state index < -0.39 is 10.8 Å². The van der Waals surface area contributed by atoms with Crippen LogP contribution in [-0.2, 0) is 14.4 Å². The van der Waals surface area contributed by atoms with E-state index in [9.17, 15) is 24.5 Å². The summed E-state index contributed by atoms with van der Waals surface area (Å²) < 4.78 is 0. The first-order valence-corrected chi connectivity index (χ1v) is 6.83. The monoisotopic (exact) mass is 325 g/mol. The first kappa shape index (κ1) is 15.9. The minimum Gasteiger partial charge on any atom is -0.326 e. The first-order valence-electron chi connectivity index (χ1n) is 6.45. The second-order valence-electron chi connectivity index (χ2n) is 4.66. The van der Waals surface area contributed by atoms with Crippen LogP contribution >= 0.6 is 11.6 Å². The Morgan fingerprint density at radius 2 is 1.95 bits per heavy atom. The molecule has 1 aliphatic rings. The van der Waals surface area contributed by atoms with Gasteiger partial charge in [0.05, 0.1) is 4.92 Å². The van der Waals surface area contributed by atoms with Crippen molar-refractivity contribution in [1.29, 1.82) is 0 Å². The van der Waals surface area contributed by atoms with Crippen LogP contribution in [0.1, 0.15) is 19.3 Å². The standard InChI is InChI=1S/C13H12ClN3O5/c14-9-2-1-8(7-10(9)17(21)22)15-11(18)5-6-16-12(19)3-4-13(16)20/h1-2,7H,3-6H2,(H,15,18). The summed E-state index contributed by atoms with van der Waals surface area (Å²) in [4.78, 5) is 45.7. The molecule has 1 heterocycles. The number of rotatable bonds is 5. The van der Waals surface area contributed by atoms with Gasteiger partial charge in [0.2, 0.25) is 17.7 Å². The number of benzene rings is 1. The Morgan fingerprint density at radius 1 is 1.32 bits per heavy atom. The molecule has 0 saturated carbocycles. The fourth-order valence-corrected chi connectivity index (χ4v) is 2.23. The molecule has 3 amide bonds. The normalized spacial score (nSPS) is 14.3. The van der Waals surface area contributed by atoms with Gasteiger partial charge in [-0.05, 0) is 12.1 Å². The van der Waals surface area contributed by atoms with Crippen LogP contribution in [0.4, 0.5) is 11.4 Å². The molecule has 8 nitrogen and oxygen atoms in total. The maximum atomic E-state index is 11.8. The number of anilines is 1. The number of imide groups is 1. The van der Waals surface area contributed by atoms with Crippen molar-refractivity contribution in [2.45, 2.75) is 19.3 Å². The van der Waals surface area contributed by atoms with Gasteiger partial charge in [0, 0.05) is 37.6 Å². The van der Waals surface area contributed by atoms with Crippen molar-refractivity contribution in [3.63, 3.8) is 0 Å². The van der Waals surface area contributed by atoms with Gasteiger partial charge in [-0.1, -0.05) is 11.6 Å². The van der Waals surface area contributed by atoms with Crippen LogP contribution in [0.5, 0.6) is 0 Å². The molecule has 0 atom stereocenters. The zero-order valence-electron chi connectivity index (χ0n) is 11.4. The van der Waals surface area contributed by atoms with Crippen LogP contribution in [0, 0.1) is 10.1 Å². The molecule has 116 valence electrons. The van der Waals surface area contributed by atoms with Crippen LogP contribution in [0.25, 0.3) is 0 Å². The van der Waals surface area contributed by atoms with Crippen LogP contribution < -0.4 is 5.32 Å². The second kappa shape index (κ2) is 6.52. The van der Waals surface area contributed by atoms with Crippen LogP contribution in [-0.4, -0.2) is 34.1 Å². The van der Waals surface area contributed by atoms with Crippen molar-refractivity contribution in [1.82, 2.24) is 4.90 Å². The van der Waals surface area contributed by atoms with Crippen LogP contribution in [0.3, 0.4) is 0 Å². The SMILES string of the molecule is O=C(CCN1C(=O)CCC1=O)Nc1ccc(Cl)c([N+](=O)[O-])c1. The highest BCUT2D eigenvalue weighted by Gasteiger charge is 2.28. The number of nitrogens with one attached hydrogen (secondary N) is 1. The van der Waals surface area contributed by atoms with Gasteiger partial charge >= 0.3 is 0 Å². The van der Waals surface area contributed by atoms with Gasteiger partial charge in [-0.3, -0.25) is 29.4 Å². The molecule has 22 heavy (non-hydrogen) atoms. The van der Waals surface area contributed by atoms with Crippen LogP contribution in [0.15, 0.2) is 18.2 Å². The lowest BCUT2D eigenvalue weighted by Gasteiger charge is -2.13. The molecule has 0 aromatic heterocycles. The summed E-state index contributed by atoms with van der Waals surface area (Å²) in [6, 6.07) is 3.88. The van der Waals surface area contributed by atoms with Gasteiger partial charge in [-0.15, -0.1) is 0 Å². The lowest BCUT2D eigenvalue weighted by molar-refractivity contribution is -0.384. The third kappa shape index (κ3) is 3.59. The summed E-state index contributed by atoms with van der Waals surface area (Å²) in [5.74, 6) is -1.04. The Labute approximate surface area is 130 Å². The molecule has 1 aliphatic heterocycles. The lowest BCUT2D eigenvalue weighted by Crippen LogP contribution is -2.32. The average molecular weight is 326 g/mol. The van der Waals surface area contributed by atoms with E-state index >= 15 is 0 Å². The number of carbonyl (C=O) groups excluding carboxylic acids is 3. The first-order chi connectivity index (χ1) is 10.4. The maximum absolute atomic E-state index is 11.8. The number of nitro benzene ring substituents is 1. The Morgan fingerprint density at radius 3 is 2.55 bits per heavy atom. The fraction of sp³-hybridized carbons (Fsp3) is 0.308. The Hall–Kier alpha value is -2.48. The molecule has 0 radical (unpaired) electrons. The van der Waals surface area contributed by atoms with Crippen molar-refractivity contribution in [2.24, 2.45) is 0 Å². The van der Waals surface area contributed by atoms with Crippen LogP contribution in [0.2, 0.25) is 5.02 Å². The zero-order chi connectivity index (χ0) is 16.3. The molecule has 1 fully saturated rings. The van der Waals surface area contributed by atoms with Crippen molar-refractivity contribution in [3.8, 4) is 0 Å². The molecule has 2 rings (SSSR count). The van der Waals surface area contributed by atoms with Crippen molar-refractivity contribution < 1.29 is 19.3 Å². The van der Waals surface area contributed by atoms with E-state index in [4.69, 9.17) is 11.6 Å². The number of hydrogen-bond acceptors (Lipinski definition) is 5. The molecule has 0 unspecified atom stereocenters. The highest BCUT2D eigenvalue weighted by Crippen LogP contribution is 2.27. The van der Waals surface area contributed by atoms with E-state index in [1.165, 1.54) is 12.1 Å². The van der Waals surface area contributed by atoms with Gasteiger partial charge in [-0.25, -0.2) is 0 Å². The number of nitrogens with zero attached hydrogens (tertiary/aromatic N) is 2. The summed E-state index contributed by atoms with van der Waals surface area (Å²) >= 11 is 5.67. The molecule has 1 aromatic rings. The summed E-state index contributed by atoms with van der Waals surface area (Å²) in [7, 11) is 0. The molecule has 0 spiro atoms.